The van der Waals surface area contributed by atoms with Crippen molar-refractivity contribution < 1.29 is 4.74 Å². The van der Waals surface area contributed by atoms with Crippen LogP contribution in [0.2, 0.25) is 0 Å². The minimum absolute atomic E-state index is 0.171. The van der Waals surface area contributed by atoms with Gasteiger partial charge < -0.3 is 14.6 Å². The molecule has 5 heteroatoms. The van der Waals surface area contributed by atoms with Gasteiger partial charge in [0.15, 0.2) is 0 Å². The van der Waals surface area contributed by atoms with E-state index in [-0.39, 0.29) is 17.1 Å². The van der Waals surface area contributed by atoms with Gasteiger partial charge >= 0.3 is 0 Å². The Balaban J connectivity index is 1.27. The molecule has 0 saturated carbocycles. The number of ether oxygens (including phenoxy) is 1. The summed E-state index contributed by atoms with van der Waals surface area (Å²) in [4.78, 5) is 14.7. The first-order chi connectivity index (χ1) is 20.3. The smallest absolute Gasteiger partial charge is 0.130 e. The molecule has 7 atom stereocenters. The van der Waals surface area contributed by atoms with Crippen molar-refractivity contribution >= 4 is 27.4 Å². The quantitative estimate of drug-likeness (QED) is 0.267. The van der Waals surface area contributed by atoms with E-state index in [1.165, 1.54) is 111 Å². The van der Waals surface area contributed by atoms with Gasteiger partial charge in [0, 0.05) is 40.5 Å². The van der Waals surface area contributed by atoms with Crippen LogP contribution >= 0.6 is 0 Å². The van der Waals surface area contributed by atoms with E-state index in [2.05, 4.69) is 75.5 Å². The molecule has 3 saturated heterocycles. The Morgan fingerprint density at radius 1 is 0.927 bits per heavy atom. The number of epoxide rings is 1. The van der Waals surface area contributed by atoms with E-state index in [4.69, 9.17) is 9.72 Å². The first kappa shape index (κ1) is 24.8. The van der Waals surface area contributed by atoms with Crippen LogP contribution in [0.4, 0.5) is 0 Å². The van der Waals surface area contributed by atoms with Crippen LogP contribution in [0.25, 0.3) is 27.4 Å². The third kappa shape index (κ3) is 3.68. The zero-order valence-corrected chi connectivity index (χ0v) is 24.1. The van der Waals surface area contributed by atoms with Gasteiger partial charge in [0.2, 0.25) is 0 Å². The largest absolute Gasteiger partial charge is 0.360 e. The van der Waals surface area contributed by atoms with Gasteiger partial charge in [-0.2, -0.15) is 0 Å². The van der Waals surface area contributed by atoms with Crippen molar-refractivity contribution in [2.75, 3.05) is 26.2 Å². The van der Waals surface area contributed by atoms with E-state index in [0.29, 0.717) is 18.0 Å². The number of piperidine rings is 1. The first-order valence-corrected chi connectivity index (χ1v) is 16.3. The number of benzene rings is 1. The number of nitrogens with one attached hydrogen (secondary N) is 1. The molecule has 41 heavy (non-hydrogen) atoms. The van der Waals surface area contributed by atoms with E-state index in [9.17, 15) is 0 Å². The van der Waals surface area contributed by atoms with E-state index in [1.54, 1.807) is 0 Å². The lowest BCUT2D eigenvalue weighted by atomic mass is 9.55. The molecule has 1 unspecified atom stereocenters. The monoisotopic (exact) mass is 546 g/mol. The Hall–Kier alpha value is -2.73. The number of allylic oxidation sites excluding steroid dienone is 3. The lowest BCUT2D eigenvalue weighted by Gasteiger charge is -2.55. The molecule has 5 aliphatic heterocycles. The van der Waals surface area contributed by atoms with Crippen LogP contribution in [0, 0.1) is 11.3 Å². The SMILES string of the molecule is C1=C(c2nccc3c2[nH]c2ccccc23)[C@@H]2CCN3CCCC/C=C\C[C@H]4O[C@]14[C@@H]1N4CCCC/C=C\[C@H]4C[C@@]12C3. The van der Waals surface area contributed by atoms with Crippen molar-refractivity contribution in [2.24, 2.45) is 11.3 Å². The third-order valence-corrected chi connectivity index (χ3v) is 11.5. The highest BCUT2D eigenvalue weighted by Gasteiger charge is 2.74. The lowest BCUT2D eigenvalue weighted by molar-refractivity contribution is -0.0138. The molecule has 7 heterocycles. The molecular weight excluding hydrogens is 504 g/mol. The van der Waals surface area contributed by atoms with Crippen LogP contribution in [-0.4, -0.2) is 69.7 Å². The number of aromatic amines is 1. The standard InChI is InChI=1S/C36H42N4O/c1-2-7-15-31-36(41-31)23-28(32-33-27(16-18-37-32)26-13-8-9-14-30(26)38-33)29-17-21-39(19-10-4-1)24-35(29)22-25-12-6-3-5-11-20-40(25)34(35)36/h2,6-9,12-14,16,18,23,25,29,31,34,38H,1,3-5,10-11,15,17,19-22,24H2/b7-2-,12-6-/t25-,29-,31+,34+,35-,36+/m0/s1. The van der Waals surface area contributed by atoms with Gasteiger partial charge in [0.1, 0.15) is 5.60 Å². The summed E-state index contributed by atoms with van der Waals surface area (Å²) in [6.07, 6.45) is 25.9. The molecule has 2 aromatic heterocycles. The number of aromatic nitrogens is 2. The van der Waals surface area contributed by atoms with Crippen molar-refractivity contribution in [3.8, 4) is 0 Å². The Bertz CT molecular complexity index is 1580. The molecule has 0 radical (unpaired) electrons. The molecule has 9 rings (SSSR count). The molecule has 3 bridgehead atoms. The van der Waals surface area contributed by atoms with Crippen LogP contribution in [0.3, 0.4) is 0 Å². The molecule has 0 amide bonds. The van der Waals surface area contributed by atoms with E-state index in [0.717, 1.165) is 6.42 Å². The number of H-pyrrole nitrogens is 1. The van der Waals surface area contributed by atoms with Crippen molar-refractivity contribution in [3.05, 3.63) is 72.6 Å². The number of rotatable bonds is 1. The number of para-hydroxylation sites is 1. The van der Waals surface area contributed by atoms with E-state index in [1.807, 2.05) is 6.20 Å². The molecule has 6 aliphatic rings. The molecule has 2 spiro atoms. The summed E-state index contributed by atoms with van der Waals surface area (Å²) in [5, 5.41) is 2.58. The van der Waals surface area contributed by atoms with Crippen LogP contribution in [0.1, 0.15) is 63.5 Å². The summed E-state index contributed by atoms with van der Waals surface area (Å²) >= 11 is 0. The molecule has 1 aliphatic carbocycles. The molecule has 212 valence electrons. The van der Waals surface area contributed by atoms with Gasteiger partial charge in [-0.05, 0) is 107 Å². The van der Waals surface area contributed by atoms with Crippen molar-refractivity contribution in [2.45, 2.75) is 81.6 Å². The molecule has 3 aromatic rings. The van der Waals surface area contributed by atoms with E-state index < -0.39 is 0 Å². The summed E-state index contributed by atoms with van der Waals surface area (Å²) in [6, 6.07) is 11.9. The summed E-state index contributed by atoms with van der Waals surface area (Å²) in [6.45, 7) is 4.80. The van der Waals surface area contributed by atoms with Crippen LogP contribution < -0.4 is 0 Å². The Morgan fingerprint density at radius 3 is 2.80 bits per heavy atom. The van der Waals surface area contributed by atoms with Crippen molar-refractivity contribution in [1.82, 2.24) is 19.8 Å². The molecule has 5 nitrogen and oxygen atoms in total. The maximum Gasteiger partial charge on any atom is 0.130 e. The van der Waals surface area contributed by atoms with Gasteiger partial charge in [0.25, 0.3) is 0 Å². The highest BCUT2D eigenvalue weighted by atomic mass is 16.6. The van der Waals surface area contributed by atoms with Crippen LogP contribution in [0.5, 0.6) is 0 Å². The molecule has 1 aromatic carbocycles. The highest BCUT2D eigenvalue weighted by Crippen LogP contribution is 2.66. The Labute approximate surface area is 243 Å². The van der Waals surface area contributed by atoms with Gasteiger partial charge in [-0.15, -0.1) is 0 Å². The second-order valence-electron chi connectivity index (χ2n) is 13.7. The second kappa shape index (κ2) is 9.39. The number of pyridine rings is 1. The predicted octanol–water partition coefficient (Wildman–Crippen LogP) is 6.87. The van der Waals surface area contributed by atoms with Crippen LogP contribution in [-0.2, 0) is 4.74 Å². The average molecular weight is 547 g/mol. The number of nitrogens with zero attached hydrogens (tertiary/aromatic N) is 3. The highest BCUT2D eigenvalue weighted by molar-refractivity contribution is 6.09. The molecular formula is C36H42N4O. The summed E-state index contributed by atoms with van der Waals surface area (Å²) in [7, 11) is 0. The van der Waals surface area contributed by atoms with Crippen molar-refractivity contribution in [1.29, 1.82) is 0 Å². The van der Waals surface area contributed by atoms with Crippen molar-refractivity contribution in [3.63, 3.8) is 0 Å². The minimum Gasteiger partial charge on any atom is -0.360 e. The number of hydrogen-bond acceptors (Lipinski definition) is 4. The Morgan fingerprint density at radius 2 is 1.83 bits per heavy atom. The normalized spacial score (nSPS) is 40.2. The van der Waals surface area contributed by atoms with Crippen LogP contribution in [0.15, 0.2) is 66.9 Å². The fourth-order valence-electron chi connectivity index (χ4n) is 9.87. The zero-order chi connectivity index (χ0) is 27.0. The molecule has 3 fully saturated rings. The fraction of sp³-hybridized carbons (Fsp3) is 0.528. The number of fused-ring (bicyclic) bond motifs is 5. The topological polar surface area (TPSA) is 47.7 Å². The summed E-state index contributed by atoms with van der Waals surface area (Å²) in [5.41, 5.74) is 4.96. The maximum absolute atomic E-state index is 7.03. The number of hydrogen-bond donors (Lipinski definition) is 1. The van der Waals surface area contributed by atoms with Gasteiger partial charge in [-0.1, -0.05) is 42.5 Å². The summed E-state index contributed by atoms with van der Waals surface area (Å²) < 4.78 is 7.03. The minimum atomic E-state index is -0.231. The maximum atomic E-state index is 7.03. The van der Waals surface area contributed by atoms with Gasteiger partial charge in [-0.3, -0.25) is 9.88 Å². The van der Waals surface area contributed by atoms with Gasteiger partial charge in [-0.25, -0.2) is 0 Å². The second-order valence-corrected chi connectivity index (χ2v) is 13.7. The average Bonchev–Trinajstić information content (AvgIpc) is 3.35. The fourth-order valence-corrected chi connectivity index (χ4v) is 9.87. The van der Waals surface area contributed by atoms with E-state index >= 15 is 0 Å². The lowest BCUT2D eigenvalue weighted by Crippen LogP contribution is -2.62. The van der Waals surface area contributed by atoms with Gasteiger partial charge in [0.05, 0.1) is 23.4 Å². The third-order valence-electron chi connectivity index (χ3n) is 11.5. The molecule has 1 N–H and O–H groups in total. The predicted molar refractivity (Wildman–Crippen MR) is 166 cm³/mol. The summed E-state index contributed by atoms with van der Waals surface area (Å²) in [5.74, 6) is 0.492. The first-order valence-electron chi connectivity index (χ1n) is 16.3. The zero-order valence-electron chi connectivity index (χ0n) is 24.1. The Kier molecular flexibility index (Phi) is 5.69.